The summed E-state index contributed by atoms with van der Waals surface area (Å²) >= 11 is 0. The summed E-state index contributed by atoms with van der Waals surface area (Å²) in [6, 6.07) is 4.78. The third-order valence-corrected chi connectivity index (χ3v) is 6.19. The fraction of sp³-hybridized carbons (Fsp3) is 0.524. The molecule has 4 amide bonds. The summed E-state index contributed by atoms with van der Waals surface area (Å²) in [6.07, 6.45) is 4.89. The number of nitrogens with two attached hydrogens (primary N) is 1. The first kappa shape index (κ1) is 19.7. The van der Waals surface area contributed by atoms with E-state index in [1.54, 1.807) is 12.1 Å². The van der Waals surface area contributed by atoms with Crippen LogP contribution in [0.15, 0.2) is 18.2 Å². The van der Waals surface area contributed by atoms with Crippen LogP contribution in [0.2, 0.25) is 0 Å². The minimum Gasteiger partial charge on any atom is -0.329 e. The Labute approximate surface area is 169 Å². The van der Waals surface area contributed by atoms with Gasteiger partial charge in [-0.05, 0) is 30.9 Å². The average Bonchev–Trinajstić information content (AvgIpc) is 3.31. The standard InChI is InChI=1S/C21H26N4O4/c22-10-11-24(14-5-1-2-6-14)12-13-4-3-7-15-18(13)21(29)25(20(15)28)16-8-9-17(26)23-19(16)27/h3-4,7,14,16H,1-2,5-6,8-12,22H2,(H,23,26,27). The Morgan fingerprint density at radius 1 is 1.07 bits per heavy atom. The molecule has 2 heterocycles. The lowest BCUT2D eigenvalue weighted by molar-refractivity contribution is -0.136. The van der Waals surface area contributed by atoms with Crippen molar-refractivity contribution in [3.05, 3.63) is 34.9 Å². The second kappa shape index (κ2) is 8.04. The molecule has 0 radical (unpaired) electrons. The van der Waals surface area contributed by atoms with E-state index < -0.39 is 23.8 Å². The number of carbonyl (C=O) groups excluding carboxylic acids is 4. The van der Waals surface area contributed by atoms with E-state index in [0.29, 0.717) is 30.3 Å². The van der Waals surface area contributed by atoms with Gasteiger partial charge >= 0.3 is 0 Å². The van der Waals surface area contributed by atoms with Crippen LogP contribution in [-0.2, 0) is 16.1 Å². The Bertz CT molecular complexity index is 862. The Kier molecular flexibility index (Phi) is 5.47. The van der Waals surface area contributed by atoms with E-state index in [1.165, 1.54) is 12.8 Å². The van der Waals surface area contributed by atoms with E-state index >= 15 is 0 Å². The van der Waals surface area contributed by atoms with Crippen LogP contribution < -0.4 is 11.1 Å². The van der Waals surface area contributed by atoms with Gasteiger partial charge in [0.1, 0.15) is 6.04 Å². The summed E-state index contributed by atoms with van der Waals surface area (Å²) in [4.78, 5) is 53.2. The maximum Gasteiger partial charge on any atom is 0.262 e. The Balaban J connectivity index is 1.62. The first-order chi connectivity index (χ1) is 14.0. The summed E-state index contributed by atoms with van der Waals surface area (Å²) in [5.74, 6) is -1.88. The van der Waals surface area contributed by atoms with Gasteiger partial charge in [-0.25, -0.2) is 0 Å². The molecule has 154 valence electrons. The third-order valence-electron chi connectivity index (χ3n) is 6.19. The summed E-state index contributed by atoms with van der Waals surface area (Å²) in [7, 11) is 0. The molecule has 2 fully saturated rings. The SMILES string of the molecule is NCCN(Cc1cccc2c1C(=O)N(C1CCC(=O)NC1=O)C2=O)C1CCCC1. The smallest absolute Gasteiger partial charge is 0.262 e. The molecule has 3 N–H and O–H groups in total. The van der Waals surface area contributed by atoms with Crippen LogP contribution in [0.4, 0.5) is 0 Å². The number of imide groups is 2. The molecule has 1 saturated heterocycles. The van der Waals surface area contributed by atoms with Gasteiger partial charge in [0.2, 0.25) is 11.8 Å². The monoisotopic (exact) mass is 398 g/mol. The molecule has 0 bridgehead atoms. The zero-order chi connectivity index (χ0) is 20.5. The van der Waals surface area contributed by atoms with Crippen molar-refractivity contribution >= 4 is 23.6 Å². The number of nitrogens with one attached hydrogen (secondary N) is 1. The van der Waals surface area contributed by atoms with Crippen molar-refractivity contribution in [1.29, 1.82) is 0 Å². The van der Waals surface area contributed by atoms with Crippen molar-refractivity contribution in [2.24, 2.45) is 5.73 Å². The highest BCUT2D eigenvalue weighted by molar-refractivity contribution is 6.24. The van der Waals surface area contributed by atoms with Crippen molar-refractivity contribution in [1.82, 2.24) is 15.1 Å². The molecule has 0 aromatic heterocycles. The van der Waals surface area contributed by atoms with E-state index in [1.807, 2.05) is 6.07 Å². The van der Waals surface area contributed by atoms with E-state index in [-0.39, 0.29) is 18.7 Å². The van der Waals surface area contributed by atoms with Gasteiger partial charge < -0.3 is 5.73 Å². The predicted octanol–water partition coefficient (Wildman–Crippen LogP) is 0.791. The fourth-order valence-electron chi connectivity index (χ4n) is 4.76. The summed E-state index contributed by atoms with van der Waals surface area (Å²) < 4.78 is 0. The first-order valence-corrected chi connectivity index (χ1v) is 10.3. The van der Waals surface area contributed by atoms with Gasteiger partial charge in [0.15, 0.2) is 0 Å². The molecule has 8 nitrogen and oxygen atoms in total. The number of amides is 4. The van der Waals surface area contributed by atoms with Crippen molar-refractivity contribution < 1.29 is 19.2 Å². The fourth-order valence-corrected chi connectivity index (χ4v) is 4.76. The summed E-state index contributed by atoms with van der Waals surface area (Å²) in [6.45, 7) is 1.81. The number of hydrogen-bond donors (Lipinski definition) is 2. The highest BCUT2D eigenvalue weighted by Crippen LogP contribution is 2.32. The normalized spacial score (nSPS) is 22.6. The highest BCUT2D eigenvalue weighted by atomic mass is 16.2. The van der Waals surface area contributed by atoms with E-state index in [9.17, 15) is 19.2 Å². The Morgan fingerprint density at radius 2 is 1.83 bits per heavy atom. The molecule has 1 aliphatic carbocycles. The van der Waals surface area contributed by atoms with Crippen LogP contribution in [0.25, 0.3) is 0 Å². The zero-order valence-corrected chi connectivity index (χ0v) is 16.4. The average molecular weight is 398 g/mol. The second-order valence-electron chi connectivity index (χ2n) is 7.98. The van der Waals surface area contributed by atoms with Gasteiger partial charge in [-0.15, -0.1) is 0 Å². The first-order valence-electron chi connectivity index (χ1n) is 10.3. The number of rotatable bonds is 6. The number of hydrogen-bond acceptors (Lipinski definition) is 6. The molecular weight excluding hydrogens is 372 g/mol. The molecule has 1 saturated carbocycles. The second-order valence-corrected chi connectivity index (χ2v) is 7.98. The zero-order valence-electron chi connectivity index (χ0n) is 16.4. The van der Waals surface area contributed by atoms with Crippen LogP contribution in [0.3, 0.4) is 0 Å². The number of carbonyl (C=O) groups is 4. The van der Waals surface area contributed by atoms with Crippen LogP contribution >= 0.6 is 0 Å². The molecule has 1 atom stereocenters. The maximum atomic E-state index is 13.2. The van der Waals surface area contributed by atoms with Crippen LogP contribution in [-0.4, -0.2) is 58.6 Å². The Hall–Kier alpha value is -2.58. The van der Waals surface area contributed by atoms with E-state index in [0.717, 1.165) is 29.8 Å². The third kappa shape index (κ3) is 3.58. The van der Waals surface area contributed by atoms with Crippen LogP contribution in [0.1, 0.15) is 64.8 Å². The van der Waals surface area contributed by atoms with E-state index in [2.05, 4.69) is 10.2 Å². The summed E-state index contributed by atoms with van der Waals surface area (Å²) in [5, 5.41) is 2.23. The molecule has 1 aromatic rings. The lowest BCUT2D eigenvalue weighted by Crippen LogP contribution is -2.54. The lowest BCUT2D eigenvalue weighted by Gasteiger charge is -2.29. The van der Waals surface area contributed by atoms with Crippen molar-refractivity contribution in [3.8, 4) is 0 Å². The predicted molar refractivity (Wildman–Crippen MR) is 105 cm³/mol. The van der Waals surface area contributed by atoms with Gasteiger partial charge in [0.05, 0.1) is 11.1 Å². The van der Waals surface area contributed by atoms with Crippen molar-refractivity contribution in [2.45, 2.75) is 57.2 Å². The number of fused-ring (bicyclic) bond motifs is 1. The van der Waals surface area contributed by atoms with Gasteiger partial charge in [-0.2, -0.15) is 0 Å². The van der Waals surface area contributed by atoms with Gasteiger partial charge in [0, 0.05) is 32.1 Å². The quantitative estimate of drug-likeness (QED) is 0.685. The summed E-state index contributed by atoms with van der Waals surface area (Å²) in [5.41, 5.74) is 7.31. The molecule has 3 aliphatic rings. The maximum absolute atomic E-state index is 13.2. The van der Waals surface area contributed by atoms with Crippen molar-refractivity contribution in [3.63, 3.8) is 0 Å². The Morgan fingerprint density at radius 3 is 2.52 bits per heavy atom. The minimum atomic E-state index is -0.942. The van der Waals surface area contributed by atoms with Crippen molar-refractivity contribution in [2.75, 3.05) is 13.1 Å². The molecular formula is C21H26N4O4. The molecule has 29 heavy (non-hydrogen) atoms. The number of benzene rings is 1. The van der Waals surface area contributed by atoms with E-state index in [4.69, 9.17) is 5.73 Å². The number of nitrogens with zero attached hydrogens (tertiary/aromatic N) is 2. The van der Waals surface area contributed by atoms with Gasteiger partial charge in [0.25, 0.3) is 11.8 Å². The molecule has 1 unspecified atom stereocenters. The molecule has 1 aromatic carbocycles. The lowest BCUT2D eigenvalue weighted by atomic mass is 10.0. The van der Waals surface area contributed by atoms with Gasteiger partial charge in [-0.1, -0.05) is 25.0 Å². The molecule has 4 rings (SSSR count). The molecule has 8 heteroatoms. The van der Waals surface area contributed by atoms with Gasteiger partial charge in [-0.3, -0.25) is 34.3 Å². The highest BCUT2D eigenvalue weighted by Gasteiger charge is 2.45. The molecule has 0 spiro atoms. The van der Waals surface area contributed by atoms with Crippen LogP contribution in [0, 0.1) is 0 Å². The topological polar surface area (TPSA) is 113 Å². The minimum absolute atomic E-state index is 0.114. The number of piperidine rings is 1. The largest absolute Gasteiger partial charge is 0.329 e. The van der Waals surface area contributed by atoms with Crippen LogP contribution in [0.5, 0.6) is 0 Å². The molecule has 2 aliphatic heterocycles.